The fourth-order valence-electron chi connectivity index (χ4n) is 2.19. The summed E-state index contributed by atoms with van der Waals surface area (Å²) in [6.45, 7) is 0. The minimum absolute atomic E-state index is 0.135. The molecule has 3 rings (SSSR count). The maximum Gasteiger partial charge on any atom is 0.256 e. The van der Waals surface area contributed by atoms with Gasteiger partial charge in [0.25, 0.3) is 5.91 Å². The third-order valence-electron chi connectivity index (χ3n) is 3.15. The predicted octanol–water partition coefficient (Wildman–Crippen LogP) is 4.75. The quantitative estimate of drug-likeness (QED) is 0.722. The van der Waals surface area contributed by atoms with Gasteiger partial charge in [-0.2, -0.15) is 0 Å². The van der Waals surface area contributed by atoms with Gasteiger partial charge in [0.1, 0.15) is 0 Å². The molecular formula is C17H12ClNO. The van der Waals surface area contributed by atoms with Crippen LogP contribution in [0.4, 0.5) is 5.69 Å². The Morgan fingerprint density at radius 3 is 2.30 bits per heavy atom. The number of benzene rings is 3. The van der Waals surface area contributed by atoms with Crippen molar-refractivity contribution in [1.82, 2.24) is 0 Å². The number of nitrogens with one attached hydrogen (secondary N) is 1. The van der Waals surface area contributed by atoms with Gasteiger partial charge in [0.15, 0.2) is 0 Å². The molecule has 3 aromatic rings. The second kappa shape index (κ2) is 5.35. The summed E-state index contributed by atoms with van der Waals surface area (Å²) in [5, 5.41) is 5.28. The number of hydrogen-bond donors (Lipinski definition) is 1. The summed E-state index contributed by atoms with van der Waals surface area (Å²) in [5.74, 6) is -0.135. The zero-order chi connectivity index (χ0) is 13.9. The summed E-state index contributed by atoms with van der Waals surface area (Å²) >= 11 is 6.16. The summed E-state index contributed by atoms with van der Waals surface area (Å²) in [7, 11) is 0. The number of halogens is 1. The van der Waals surface area contributed by atoms with E-state index in [2.05, 4.69) is 5.32 Å². The molecule has 0 heterocycles. The predicted molar refractivity (Wildman–Crippen MR) is 83.4 cm³/mol. The molecule has 0 aliphatic carbocycles. The first kappa shape index (κ1) is 12.7. The highest BCUT2D eigenvalue weighted by Crippen LogP contribution is 2.26. The summed E-state index contributed by atoms with van der Waals surface area (Å²) in [4.78, 5) is 12.4. The maximum absolute atomic E-state index is 12.4. The van der Waals surface area contributed by atoms with E-state index in [0.29, 0.717) is 10.6 Å². The Labute approximate surface area is 122 Å². The summed E-state index contributed by atoms with van der Waals surface area (Å²) in [5.41, 5.74) is 1.39. The first-order chi connectivity index (χ1) is 9.75. The highest BCUT2D eigenvalue weighted by molar-refractivity contribution is 6.36. The van der Waals surface area contributed by atoms with E-state index in [4.69, 9.17) is 11.6 Å². The van der Waals surface area contributed by atoms with E-state index in [0.717, 1.165) is 16.5 Å². The number of hydrogen-bond acceptors (Lipinski definition) is 1. The lowest BCUT2D eigenvalue weighted by Gasteiger charge is -2.08. The molecule has 2 nitrogen and oxygen atoms in total. The van der Waals surface area contributed by atoms with Crippen LogP contribution in [0.25, 0.3) is 10.8 Å². The minimum Gasteiger partial charge on any atom is -0.322 e. The third kappa shape index (κ3) is 2.38. The molecular weight excluding hydrogens is 270 g/mol. The zero-order valence-corrected chi connectivity index (χ0v) is 11.4. The fraction of sp³-hybridized carbons (Fsp3) is 0. The Hall–Kier alpha value is -2.32. The Morgan fingerprint density at radius 1 is 0.800 bits per heavy atom. The van der Waals surface area contributed by atoms with Crippen LogP contribution >= 0.6 is 11.6 Å². The number of rotatable bonds is 2. The zero-order valence-electron chi connectivity index (χ0n) is 10.6. The van der Waals surface area contributed by atoms with Crippen LogP contribution in [-0.2, 0) is 0 Å². The van der Waals surface area contributed by atoms with Crippen LogP contribution in [0.2, 0.25) is 5.02 Å². The number of carbonyl (C=O) groups is 1. The van der Waals surface area contributed by atoms with Gasteiger partial charge in [0, 0.05) is 21.7 Å². The van der Waals surface area contributed by atoms with Crippen LogP contribution in [0.5, 0.6) is 0 Å². The van der Waals surface area contributed by atoms with E-state index < -0.39 is 0 Å². The van der Waals surface area contributed by atoms with Crippen LogP contribution in [0, 0.1) is 0 Å². The number of fused-ring (bicyclic) bond motifs is 1. The third-order valence-corrected chi connectivity index (χ3v) is 3.47. The molecule has 0 atom stereocenters. The summed E-state index contributed by atoms with van der Waals surface area (Å²) in [6, 6.07) is 20.5. The van der Waals surface area contributed by atoms with E-state index >= 15 is 0 Å². The Kier molecular flexibility index (Phi) is 3.40. The monoisotopic (exact) mass is 281 g/mol. The second-order valence-corrected chi connectivity index (χ2v) is 4.87. The van der Waals surface area contributed by atoms with Crippen molar-refractivity contribution in [3.8, 4) is 0 Å². The number of carbonyl (C=O) groups excluding carboxylic acids is 1. The van der Waals surface area contributed by atoms with E-state index in [9.17, 15) is 4.79 Å². The van der Waals surface area contributed by atoms with E-state index in [1.807, 2.05) is 60.7 Å². The summed E-state index contributed by atoms with van der Waals surface area (Å²) in [6.07, 6.45) is 0. The average Bonchev–Trinajstić information content (AvgIpc) is 2.48. The molecule has 0 saturated heterocycles. The largest absolute Gasteiger partial charge is 0.322 e. The Bertz CT molecular complexity index is 768. The van der Waals surface area contributed by atoms with Crippen molar-refractivity contribution >= 4 is 34.0 Å². The molecule has 3 aromatic carbocycles. The lowest BCUT2D eigenvalue weighted by atomic mass is 10.0. The van der Waals surface area contributed by atoms with Crippen LogP contribution in [-0.4, -0.2) is 5.91 Å². The van der Waals surface area contributed by atoms with Gasteiger partial charge >= 0.3 is 0 Å². The summed E-state index contributed by atoms with van der Waals surface area (Å²) < 4.78 is 0. The lowest BCUT2D eigenvalue weighted by Crippen LogP contribution is -2.12. The molecule has 98 valence electrons. The molecule has 3 heteroatoms. The molecule has 20 heavy (non-hydrogen) atoms. The number of para-hydroxylation sites is 1. The highest BCUT2D eigenvalue weighted by atomic mass is 35.5. The van der Waals surface area contributed by atoms with Crippen LogP contribution in [0.3, 0.4) is 0 Å². The van der Waals surface area contributed by atoms with Gasteiger partial charge in [-0.3, -0.25) is 4.79 Å². The normalized spacial score (nSPS) is 10.4. The standard InChI is InChI=1S/C17H12ClNO/c18-16-11-5-8-13-14(16)9-4-10-15(13)17(20)19-12-6-2-1-3-7-12/h1-11H,(H,19,20). The molecule has 0 aliphatic rings. The highest BCUT2D eigenvalue weighted by Gasteiger charge is 2.11. The van der Waals surface area contributed by atoms with Crippen LogP contribution < -0.4 is 5.32 Å². The first-order valence-electron chi connectivity index (χ1n) is 6.29. The maximum atomic E-state index is 12.4. The fourth-order valence-corrected chi connectivity index (χ4v) is 2.43. The molecule has 0 unspecified atom stereocenters. The molecule has 0 aromatic heterocycles. The topological polar surface area (TPSA) is 29.1 Å². The van der Waals surface area contributed by atoms with E-state index in [1.165, 1.54) is 0 Å². The lowest BCUT2D eigenvalue weighted by molar-refractivity contribution is 0.102. The van der Waals surface area contributed by atoms with Gasteiger partial charge in [-0.1, -0.05) is 54.1 Å². The Morgan fingerprint density at radius 2 is 1.50 bits per heavy atom. The van der Waals surface area contributed by atoms with Crippen LogP contribution in [0.1, 0.15) is 10.4 Å². The number of amides is 1. The smallest absolute Gasteiger partial charge is 0.256 e. The molecule has 0 aliphatic heterocycles. The molecule has 0 spiro atoms. The second-order valence-electron chi connectivity index (χ2n) is 4.46. The van der Waals surface area contributed by atoms with Crippen molar-refractivity contribution < 1.29 is 4.79 Å². The van der Waals surface area contributed by atoms with Crippen molar-refractivity contribution in [3.05, 3.63) is 77.3 Å². The SMILES string of the molecule is O=C(Nc1ccccc1)c1cccc2c(Cl)cccc12. The van der Waals surface area contributed by atoms with Gasteiger partial charge in [0.2, 0.25) is 0 Å². The van der Waals surface area contributed by atoms with Gasteiger partial charge < -0.3 is 5.32 Å². The molecule has 0 bridgehead atoms. The van der Waals surface area contributed by atoms with Crippen molar-refractivity contribution in [2.45, 2.75) is 0 Å². The molecule has 0 fully saturated rings. The van der Waals surface area contributed by atoms with Crippen molar-refractivity contribution in [1.29, 1.82) is 0 Å². The minimum atomic E-state index is -0.135. The average molecular weight is 282 g/mol. The van der Waals surface area contributed by atoms with Gasteiger partial charge in [-0.25, -0.2) is 0 Å². The van der Waals surface area contributed by atoms with Gasteiger partial charge in [-0.05, 0) is 29.7 Å². The van der Waals surface area contributed by atoms with Crippen molar-refractivity contribution in [2.75, 3.05) is 5.32 Å². The molecule has 1 N–H and O–H groups in total. The molecule has 1 amide bonds. The number of anilines is 1. The van der Waals surface area contributed by atoms with Crippen molar-refractivity contribution in [3.63, 3.8) is 0 Å². The first-order valence-corrected chi connectivity index (χ1v) is 6.67. The molecule has 0 saturated carbocycles. The van der Waals surface area contributed by atoms with Crippen LogP contribution in [0.15, 0.2) is 66.7 Å². The van der Waals surface area contributed by atoms with Gasteiger partial charge in [-0.15, -0.1) is 0 Å². The Balaban J connectivity index is 2.02. The molecule has 0 radical (unpaired) electrons. The van der Waals surface area contributed by atoms with Crippen molar-refractivity contribution in [2.24, 2.45) is 0 Å². The van der Waals surface area contributed by atoms with E-state index in [1.54, 1.807) is 6.07 Å². The van der Waals surface area contributed by atoms with E-state index in [-0.39, 0.29) is 5.91 Å². The van der Waals surface area contributed by atoms with Gasteiger partial charge in [0.05, 0.1) is 0 Å².